The quantitative estimate of drug-likeness (QED) is 0.615. The lowest BCUT2D eigenvalue weighted by molar-refractivity contribution is 0.367. The minimum absolute atomic E-state index is 0.201. The van der Waals surface area contributed by atoms with Crippen LogP contribution >= 0.6 is 15.9 Å². The van der Waals surface area contributed by atoms with Gasteiger partial charge in [0.2, 0.25) is 5.89 Å². The van der Waals surface area contributed by atoms with Crippen LogP contribution in [0.2, 0.25) is 0 Å². The molecule has 3 aromatic rings. The Hall–Kier alpha value is -2.05. The molecule has 0 aliphatic rings. The largest absolute Gasteiger partial charge is 0.339 e. The van der Waals surface area contributed by atoms with Crippen LogP contribution in [0, 0.1) is 5.82 Å². The van der Waals surface area contributed by atoms with Crippen molar-refractivity contribution in [2.75, 3.05) is 0 Å². The highest BCUT2D eigenvalue weighted by Crippen LogP contribution is 2.23. The Balaban J connectivity index is 1.83. The van der Waals surface area contributed by atoms with Gasteiger partial charge in [0.25, 0.3) is 0 Å². The first-order valence-electron chi connectivity index (χ1n) is 8.22. The fourth-order valence-electron chi connectivity index (χ4n) is 2.58. The van der Waals surface area contributed by atoms with Crippen molar-refractivity contribution >= 4 is 15.9 Å². The van der Waals surface area contributed by atoms with Crippen molar-refractivity contribution in [3.05, 3.63) is 81.7 Å². The first kappa shape index (κ1) is 17.8. The van der Waals surface area contributed by atoms with Crippen molar-refractivity contribution in [2.24, 2.45) is 0 Å². The molecule has 3 rings (SSSR count). The van der Waals surface area contributed by atoms with Crippen LogP contribution in [0.4, 0.5) is 4.39 Å². The Morgan fingerprint density at radius 1 is 1.20 bits per heavy atom. The Morgan fingerprint density at radius 2 is 2.00 bits per heavy atom. The van der Waals surface area contributed by atoms with E-state index in [9.17, 15) is 4.39 Å². The maximum atomic E-state index is 13.3. The summed E-state index contributed by atoms with van der Waals surface area (Å²) in [4.78, 5) is 4.51. The van der Waals surface area contributed by atoms with E-state index in [4.69, 9.17) is 4.52 Å². The van der Waals surface area contributed by atoms with Crippen LogP contribution in [0.25, 0.3) is 0 Å². The molecule has 0 bridgehead atoms. The van der Waals surface area contributed by atoms with Gasteiger partial charge in [0, 0.05) is 17.4 Å². The van der Waals surface area contributed by atoms with Gasteiger partial charge in [-0.2, -0.15) is 4.98 Å². The molecule has 0 saturated carbocycles. The Bertz CT molecular complexity index is 823. The summed E-state index contributed by atoms with van der Waals surface area (Å²) in [6.45, 7) is 2.61. The number of nitrogens with one attached hydrogen (secondary N) is 1. The summed E-state index contributed by atoms with van der Waals surface area (Å²) >= 11 is 3.40. The van der Waals surface area contributed by atoms with Crippen LogP contribution in [-0.2, 0) is 13.0 Å². The normalized spacial score (nSPS) is 12.3. The number of benzene rings is 2. The van der Waals surface area contributed by atoms with Crippen molar-refractivity contribution < 1.29 is 8.91 Å². The summed E-state index contributed by atoms with van der Waals surface area (Å²) < 4.78 is 19.3. The Morgan fingerprint density at radius 3 is 2.72 bits per heavy atom. The summed E-state index contributed by atoms with van der Waals surface area (Å²) in [5.41, 5.74) is 2.00. The molecule has 25 heavy (non-hydrogen) atoms. The number of aryl methyl sites for hydroxylation is 1. The third-order valence-corrected chi connectivity index (χ3v) is 4.59. The lowest BCUT2D eigenvalue weighted by Gasteiger charge is -2.16. The molecule has 1 heterocycles. The van der Waals surface area contributed by atoms with E-state index in [-0.39, 0.29) is 11.9 Å². The molecule has 130 valence electrons. The topological polar surface area (TPSA) is 51.0 Å². The van der Waals surface area contributed by atoms with Gasteiger partial charge in [0.05, 0.1) is 6.04 Å². The highest BCUT2D eigenvalue weighted by Gasteiger charge is 2.20. The van der Waals surface area contributed by atoms with Gasteiger partial charge >= 0.3 is 0 Å². The molecule has 0 aliphatic heterocycles. The van der Waals surface area contributed by atoms with Crippen molar-refractivity contribution in [2.45, 2.75) is 32.4 Å². The fraction of sp³-hybridized carbons (Fsp3) is 0.263. The molecule has 6 heteroatoms. The van der Waals surface area contributed by atoms with Crippen molar-refractivity contribution in [3.63, 3.8) is 0 Å². The first-order valence-corrected chi connectivity index (χ1v) is 9.01. The molecule has 0 saturated heterocycles. The van der Waals surface area contributed by atoms with E-state index in [2.05, 4.69) is 38.3 Å². The van der Waals surface area contributed by atoms with Gasteiger partial charge in [-0.1, -0.05) is 64.4 Å². The number of aromatic nitrogens is 2. The second-order valence-corrected chi connectivity index (χ2v) is 6.61. The average molecular weight is 404 g/mol. The lowest BCUT2D eigenvalue weighted by Crippen LogP contribution is -2.23. The molecule has 0 amide bonds. The van der Waals surface area contributed by atoms with E-state index in [1.165, 1.54) is 12.1 Å². The van der Waals surface area contributed by atoms with Gasteiger partial charge in [-0.05, 0) is 29.7 Å². The minimum atomic E-state index is -0.266. The Labute approximate surface area is 154 Å². The summed E-state index contributed by atoms with van der Waals surface area (Å²) in [6, 6.07) is 14.4. The number of hydrogen-bond donors (Lipinski definition) is 1. The van der Waals surface area contributed by atoms with Gasteiger partial charge in [-0.25, -0.2) is 4.39 Å². The van der Waals surface area contributed by atoms with Crippen molar-refractivity contribution in [3.8, 4) is 0 Å². The van der Waals surface area contributed by atoms with Gasteiger partial charge in [0.15, 0.2) is 5.82 Å². The summed E-state index contributed by atoms with van der Waals surface area (Å²) in [6.07, 6.45) is 1.71. The van der Waals surface area contributed by atoms with Crippen molar-refractivity contribution in [1.29, 1.82) is 0 Å². The van der Waals surface area contributed by atoms with Crippen LogP contribution in [0.1, 0.15) is 42.2 Å². The lowest BCUT2D eigenvalue weighted by atomic mass is 10.1. The second kappa shape index (κ2) is 8.36. The number of nitrogens with zero attached hydrogens (tertiary/aromatic N) is 2. The number of rotatable bonds is 7. The molecule has 1 N–H and O–H groups in total. The van der Waals surface area contributed by atoms with E-state index in [1.54, 1.807) is 6.07 Å². The Kier molecular flexibility index (Phi) is 5.94. The van der Waals surface area contributed by atoms with Crippen LogP contribution in [0.3, 0.4) is 0 Å². The van der Waals surface area contributed by atoms with E-state index in [0.717, 1.165) is 28.4 Å². The fourth-order valence-corrected chi connectivity index (χ4v) is 3.07. The molecule has 2 aromatic carbocycles. The molecular formula is C19H19BrFN3O. The summed E-state index contributed by atoms with van der Waals surface area (Å²) in [5, 5.41) is 7.59. The van der Waals surface area contributed by atoms with Gasteiger partial charge in [0.1, 0.15) is 5.82 Å². The molecular weight excluding hydrogens is 385 g/mol. The standard InChI is InChI=1S/C19H19BrFN3O/c1-2-6-17-23-19(24-25-17)18(13-7-4-3-5-8-13)22-12-14-9-10-15(21)11-16(14)20/h3-5,7-11,18,22H,2,6,12H2,1H3. The molecule has 1 atom stereocenters. The van der Waals surface area contributed by atoms with E-state index in [1.807, 2.05) is 30.3 Å². The third-order valence-electron chi connectivity index (χ3n) is 3.85. The van der Waals surface area contributed by atoms with Gasteiger partial charge in [-0.3, -0.25) is 5.32 Å². The molecule has 0 fully saturated rings. The summed E-state index contributed by atoms with van der Waals surface area (Å²) in [5.74, 6) is 0.980. The second-order valence-electron chi connectivity index (χ2n) is 5.76. The molecule has 0 spiro atoms. The zero-order valence-electron chi connectivity index (χ0n) is 13.9. The zero-order chi connectivity index (χ0) is 17.6. The van der Waals surface area contributed by atoms with E-state index >= 15 is 0 Å². The van der Waals surface area contributed by atoms with E-state index in [0.29, 0.717) is 18.3 Å². The number of halogens is 2. The predicted molar refractivity (Wildman–Crippen MR) is 97.5 cm³/mol. The van der Waals surface area contributed by atoms with Crippen LogP contribution < -0.4 is 5.32 Å². The van der Waals surface area contributed by atoms with Crippen LogP contribution in [0.5, 0.6) is 0 Å². The highest BCUT2D eigenvalue weighted by atomic mass is 79.9. The zero-order valence-corrected chi connectivity index (χ0v) is 15.5. The maximum Gasteiger partial charge on any atom is 0.226 e. The average Bonchev–Trinajstić information content (AvgIpc) is 3.06. The van der Waals surface area contributed by atoms with Crippen molar-refractivity contribution in [1.82, 2.24) is 15.5 Å². The molecule has 1 unspecified atom stereocenters. The SMILES string of the molecule is CCCc1nc(C(NCc2ccc(F)cc2Br)c2ccccc2)no1. The monoisotopic (exact) mass is 403 g/mol. The molecule has 0 aliphatic carbocycles. The predicted octanol–water partition coefficient (Wildman–Crippen LogP) is 4.80. The van der Waals surface area contributed by atoms with Gasteiger partial charge in [-0.15, -0.1) is 0 Å². The van der Waals surface area contributed by atoms with Crippen LogP contribution in [0.15, 0.2) is 57.5 Å². The summed E-state index contributed by atoms with van der Waals surface area (Å²) in [7, 11) is 0. The molecule has 4 nitrogen and oxygen atoms in total. The van der Waals surface area contributed by atoms with E-state index < -0.39 is 0 Å². The number of hydrogen-bond acceptors (Lipinski definition) is 4. The molecule has 1 aromatic heterocycles. The smallest absolute Gasteiger partial charge is 0.226 e. The maximum absolute atomic E-state index is 13.3. The molecule has 0 radical (unpaired) electrons. The first-order chi connectivity index (χ1) is 12.2. The minimum Gasteiger partial charge on any atom is -0.339 e. The van der Waals surface area contributed by atoms with Crippen LogP contribution in [-0.4, -0.2) is 10.1 Å². The third kappa shape index (κ3) is 4.52. The van der Waals surface area contributed by atoms with Gasteiger partial charge < -0.3 is 4.52 Å². The highest BCUT2D eigenvalue weighted by molar-refractivity contribution is 9.10.